The third kappa shape index (κ3) is 3.24. The molecule has 0 saturated heterocycles. The Balaban J connectivity index is 2.37. The van der Waals surface area contributed by atoms with Crippen molar-refractivity contribution in [3.63, 3.8) is 0 Å². The Kier molecular flexibility index (Phi) is 4.32. The number of hydrogen-bond donors (Lipinski definition) is 2. The molecule has 0 aliphatic carbocycles. The number of carboxylic acid groups (broad SMARTS) is 1. The van der Waals surface area contributed by atoms with Gasteiger partial charge in [-0.25, -0.2) is 8.42 Å². The molecule has 2 aromatic rings. The quantitative estimate of drug-likeness (QED) is 0.898. The molecule has 0 bridgehead atoms. The van der Waals surface area contributed by atoms with Crippen molar-refractivity contribution in [1.82, 2.24) is 0 Å². The summed E-state index contributed by atoms with van der Waals surface area (Å²) >= 11 is 5.73. The minimum atomic E-state index is -3.67. The van der Waals surface area contributed by atoms with Gasteiger partial charge in [-0.1, -0.05) is 23.7 Å². The zero-order valence-electron chi connectivity index (χ0n) is 10.7. The number of aliphatic carboxylic acids is 1. The second-order valence-corrected chi connectivity index (χ2v) is 6.73. The highest BCUT2D eigenvalue weighted by atomic mass is 35.5. The van der Waals surface area contributed by atoms with Gasteiger partial charge >= 0.3 is 5.97 Å². The Morgan fingerprint density at radius 2 is 1.43 bits per heavy atom. The maximum Gasteiger partial charge on any atom is 0.325 e. The summed E-state index contributed by atoms with van der Waals surface area (Å²) in [6.07, 6.45) is 0. The van der Waals surface area contributed by atoms with Gasteiger partial charge in [0.2, 0.25) is 9.84 Å². The molecule has 0 aromatic heterocycles. The molecule has 0 fully saturated rings. The van der Waals surface area contributed by atoms with Gasteiger partial charge in [-0.15, -0.1) is 0 Å². The second kappa shape index (κ2) is 5.85. The fourth-order valence-corrected chi connectivity index (χ4v) is 3.13. The van der Waals surface area contributed by atoms with E-state index in [1.54, 1.807) is 0 Å². The number of benzene rings is 2. The smallest absolute Gasteiger partial charge is 0.325 e. The number of nitrogens with two attached hydrogens (primary N) is 1. The molecule has 1 atom stereocenters. The van der Waals surface area contributed by atoms with Crippen LogP contribution in [0.5, 0.6) is 0 Å². The Morgan fingerprint density at radius 1 is 1.00 bits per heavy atom. The molecule has 0 aliphatic heterocycles. The summed E-state index contributed by atoms with van der Waals surface area (Å²) in [5, 5.41) is 9.25. The summed E-state index contributed by atoms with van der Waals surface area (Å²) in [7, 11) is -3.67. The van der Waals surface area contributed by atoms with Crippen molar-refractivity contribution in [2.45, 2.75) is 15.8 Å². The zero-order chi connectivity index (χ0) is 15.6. The predicted molar refractivity (Wildman–Crippen MR) is 77.9 cm³/mol. The number of sulfone groups is 1. The van der Waals surface area contributed by atoms with E-state index in [1.165, 1.54) is 48.5 Å². The van der Waals surface area contributed by atoms with Crippen LogP contribution in [0.3, 0.4) is 0 Å². The minimum Gasteiger partial charge on any atom is -0.480 e. The molecule has 0 amide bonds. The van der Waals surface area contributed by atoms with Crippen molar-refractivity contribution >= 4 is 27.4 Å². The lowest BCUT2D eigenvalue weighted by Crippen LogP contribution is -2.20. The van der Waals surface area contributed by atoms with Crippen LogP contribution >= 0.6 is 11.6 Å². The van der Waals surface area contributed by atoms with E-state index in [2.05, 4.69) is 0 Å². The van der Waals surface area contributed by atoms with Gasteiger partial charge in [-0.3, -0.25) is 4.79 Å². The van der Waals surface area contributed by atoms with Crippen molar-refractivity contribution < 1.29 is 18.3 Å². The van der Waals surface area contributed by atoms with E-state index in [9.17, 15) is 13.2 Å². The molecule has 7 heteroatoms. The van der Waals surface area contributed by atoms with Crippen LogP contribution < -0.4 is 5.73 Å². The van der Waals surface area contributed by atoms with E-state index < -0.39 is 21.8 Å². The van der Waals surface area contributed by atoms with Gasteiger partial charge in [0.25, 0.3) is 0 Å². The fraction of sp³-hybridized carbons (Fsp3) is 0.0714. The number of hydrogen-bond acceptors (Lipinski definition) is 4. The predicted octanol–water partition coefficient (Wildman–Crippen LogP) is 2.26. The van der Waals surface area contributed by atoms with Crippen LogP contribution in [0.2, 0.25) is 5.02 Å². The first kappa shape index (κ1) is 15.5. The lowest BCUT2D eigenvalue weighted by molar-refractivity contribution is -0.138. The molecular weight excluding hydrogens is 314 g/mol. The van der Waals surface area contributed by atoms with Crippen molar-refractivity contribution in [1.29, 1.82) is 0 Å². The minimum absolute atomic E-state index is 0.0613. The Bertz CT molecular complexity index is 755. The molecule has 2 rings (SSSR count). The fourth-order valence-electron chi connectivity index (χ4n) is 1.75. The van der Waals surface area contributed by atoms with Crippen molar-refractivity contribution in [2.75, 3.05) is 0 Å². The van der Waals surface area contributed by atoms with Gasteiger partial charge < -0.3 is 10.8 Å². The van der Waals surface area contributed by atoms with Crippen LogP contribution in [0, 0.1) is 0 Å². The van der Waals surface area contributed by atoms with Crippen molar-refractivity contribution in [3.05, 3.63) is 59.1 Å². The number of carbonyl (C=O) groups is 1. The van der Waals surface area contributed by atoms with Crippen LogP contribution in [0.1, 0.15) is 11.6 Å². The SMILES string of the molecule is N[C@H](C(=O)O)c1ccc(S(=O)(=O)c2ccc(Cl)cc2)cc1. The molecule has 0 saturated carbocycles. The topological polar surface area (TPSA) is 97.5 Å². The normalized spacial score (nSPS) is 12.9. The standard InChI is InChI=1S/C14H12ClNO4S/c15-10-3-7-12(8-4-10)21(19,20)11-5-1-9(2-6-11)13(16)14(17)18/h1-8,13H,16H2,(H,17,18)/t13-/m0/s1. The van der Waals surface area contributed by atoms with E-state index >= 15 is 0 Å². The first-order valence-electron chi connectivity index (χ1n) is 5.91. The van der Waals surface area contributed by atoms with E-state index in [4.69, 9.17) is 22.4 Å². The van der Waals surface area contributed by atoms with E-state index in [0.717, 1.165) is 0 Å². The second-order valence-electron chi connectivity index (χ2n) is 4.34. The van der Waals surface area contributed by atoms with Crippen LogP contribution in [-0.4, -0.2) is 19.5 Å². The summed E-state index contributed by atoms with van der Waals surface area (Å²) in [4.78, 5) is 11.0. The first-order chi connectivity index (χ1) is 9.82. The summed E-state index contributed by atoms with van der Waals surface area (Å²) in [6, 6.07) is 10.1. The summed E-state index contributed by atoms with van der Waals surface area (Å²) in [6.45, 7) is 0. The van der Waals surface area contributed by atoms with Crippen molar-refractivity contribution in [2.24, 2.45) is 5.73 Å². The lowest BCUT2D eigenvalue weighted by atomic mass is 10.1. The molecule has 5 nitrogen and oxygen atoms in total. The zero-order valence-corrected chi connectivity index (χ0v) is 12.3. The average molecular weight is 326 g/mol. The molecule has 0 unspecified atom stereocenters. The van der Waals surface area contributed by atoms with E-state index in [1.807, 2.05) is 0 Å². The number of carboxylic acids is 1. The van der Waals surface area contributed by atoms with Crippen LogP contribution in [0.15, 0.2) is 58.3 Å². The molecule has 0 radical (unpaired) electrons. The maximum absolute atomic E-state index is 12.4. The molecule has 21 heavy (non-hydrogen) atoms. The van der Waals surface area contributed by atoms with Gasteiger partial charge in [-0.2, -0.15) is 0 Å². The molecule has 110 valence electrons. The molecule has 2 aromatic carbocycles. The van der Waals surface area contributed by atoms with Crippen LogP contribution in [0.4, 0.5) is 0 Å². The summed E-state index contributed by atoms with van der Waals surface area (Å²) in [5.41, 5.74) is 5.79. The molecule has 0 aliphatic rings. The Hall–Kier alpha value is -1.89. The largest absolute Gasteiger partial charge is 0.480 e. The molecule has 3 N–H and O–H groups in total. The Labute approximate surface area is 126 Å². The third-order valence-corrected chi connectivity index (χ3v) is 4.98. The summed E-state index contributed by atoms with van der Waals surface area (Å²) in [5.74, 6) is -1.18. The number of rotatable bonds is 4. The monoisotopic (exact) mass is 325 g/mol. The molecular formula is C14H12ClNO4S. The van der Waals surface area contributed by atoms with Crippen LogP contribution in [0.25, 0.3) is 0 Å². The average Bonchev–Trinajstić information content (AvgIpc) is 2.47. The van der Waals surface area contributed by atoms with Gasteiger partial charge in [-0.05, 0) is 42.0 Å². The highest BCUT2D eigenvalue weighted by Crippen LogP contribution is 2.23. The van der Waals surface area contributed by atoms with E-state index in [-0.39, 0.29) is 9.79 Å². The highest BCUT2D eigenvalue weighted by molar-refractivity contribution is 7.91. The van der Waals surface area contributed by atoms with Gasteiger partial charge in [0.15, 0.2) is 0 Å². The number of halogens is 1. The molecule has 0 heterocycles. The lowest BCUT2D eigenvalue weighted by Gasteiger charge is -2.09. The molecule has 0 spiro atoms. The van der Waals surface area contributed by atoms with Gasteiger partial charge in [0, 0.05) is 5.02 Å². The van der Waals surface area contributed by atoms with Crippen LogP contribution in [-0.2, 0) is 14.6 Å². The van der Waals surface area contributed by atoms with E-state index in [0.29, 0.717) is 10.6 Å². The van der Waals surface area contributed by atoms with Crippen molar-refractivity contribution in [3.8, 4) is 0 Å². The highest BCUT2D eigenvalue weighted by Gasteiger charge is 2.19. The summed E-state index contributed by atoms with van der Waals surface area (Å²) < 4.78 is 24.7. The third-order valence-electron chi connectivity index (χ3n) is 2.94. The van der Waals surface area contributed by atoms with Gasteiger partial charge in [0.1, 0.15) is 6.04 Å². The first-order valence-corrected chi connectivity index (χ1v) is 7.77. The van der Waals surface area contributed by atoms with Gasteiger partial charge in [0.05, 0.1) is 9.79 Å². The maximum atomic E-state index is 12.4. The Morgan fingerprint density at radius 3 is 1.86 bits per heavy atom.